The Labute approximate surface area is 120 Å². The van der Waals surface area contributed by atoms with Gasteiger partial charge < -0.3 is 10.6 Å². The van der Waals surface area contributed by atoms with Crippen LogP contribution in [0, 0.1) is 5.82 Å². The van der Waals surface area contributed by atoms with E-state index >= 15 is 0 Å². The average molecular weight is 290 g/mol. The summed E-state index contributed by atoms with van der Waals surface area (Å²) in [6, 6.07) is 6.06. The van der Waals surface area contributed by atoms with Crippen LogP contribution in [0.3, 0.4) is 0 Å². The Bertz CT molecular complexity index is 647. The van der Waals surface area contributed by atoms with Crippen LogP contribution < -0.4 is 5.73 Å². The van der Waals surface area contributed by atoms with Crippen LogP contribution in [0.5, 0.6) is 0 Å². The van der Waals surface area contributed by atoms with Crippen molar-refractivity contribution in [3.05, 3.63) is 51.5 Å². The molecule has 104 valence electrons. The SMILES string of the molecule is CC1c2ccsc2CCN1C(=O)c1cc(N)cc(F)c1. The molecule has 0 aliphatic carbocycles. The van der Waals surface area contributed by atoms with Crippen LogP contribution in [0.2, 0.25) is 0 Å². The summed E-state index contributed by atoms with van der Waals surface area (Å²) in [5.41, 5.74) is 7.39. The lowest BCUT2D eigenvalue weighted by atomic mass is 10.00. The molecule has 3 rings (SSSR count). The summed E-state index contributed by atoms with van der Waals surface area (Å²) >= 11 is 1.73. The number of nitrogen functional groups attached to an aromatic ring is 1. The molecule has 0 spiro atoms. The van der Waals surface area contributed by atoms with Crippen LogP contribution in [-0.2, 0) is 6.42 Å². The van der Waals surface area contributed by atoms with Crippen molar-refractivity contribution >= 4 is 22.9 Å². The van der Waals surface area contributed by atoms with Gasteiger partial charge >= 0.3 is 0 Å². The number of hydrogen-bond donors (Lipinski definition) is 1. The van der Waals surface area contributed by atoms with E-state index in [1.165, 1.54) is 28.6 Å². The third kappa shape index (κ3) is 2.18. The third-order valence-electron chi connectivity index (χ3n) is 3.71. The number of fused-ring (bicyclic) bond motifs is 1. The number of carbonyl (C=O) groups excluding carboxylic acids is 1. The predicted octanol–water partition coefficient (Wildman–Crippen LogP) is 3.23. The number of anilines is 1. The van der Waals surface area contributed by atoms with Gasteiger partial charge in [-0.1, -0.05) is 0 Å². The normalized spacial score (nSPS) is 17.9. The second-order valence-corrected chi connectivity index (χ2v) is 6.00. The van der Waals surface area contributed by atoms with Crippen LogP contribution in [0.4, 0.5) is 10.1 Å². The summed E-state index contributed by atoms with van der Waals surface area (Å²) in [6.07, 6.45) is 0.855. The molecule has 5 heteroatoms. The second-order valence-electron chi connectivity index (χ2n) is 5.00. The van der Waals surface area contributed by atoms with Crippen molar-refractivity contribution in [2.45, 2.75) is 19.4 Å². The van der Waals surface area contributed by atoms with E-state index in [0.29, 0.717) is 12.1 Å². The fraction of sp³-hybridized carbons (Fsp3) is 0.267. The zero-order valence-corrected chi connectivity index (χ0v) is 11.9. The van der Waals surface area contributed by atoms with Crippen molar-refractivity contribution in [2.24, 2.45) is 0 Å². The molecule has 2 heterocycles. The van der Waals surface area contributed by atoms with Gasteiger partial charge in [0.05, 0.1) is 6.04 Å². The van der Waals surface area contributed by atoms with E-state index < -0.39 is 5.82 Å². The maximum Gasteiger partial charge on any atom is 0.254 e. The third-order valence-corrected chi connectivity index (χ3v) is 4.70. The molecule has 2 aromatic rings. The van der Waals surface area contributed by atoms with E-state index in [4.69, 9.17) is 5.73 Å². The molecule has 0 fully saturated rings. The molecule has 0 radical (unpaired) electrons. The first-order chi connectivity index (χ1) is 9.56. The monoisotopic (exact) mass is 290 g/mol. The predicted molar refractivity (Wildman–Crippen MR) is 78.3 cm³/mol. The Hall–Kier alpha value is -1.88. The molecule has 1 amide bonds. The van der Waals surface area contributed by atoms with Gasteiger partial charge in [-0.05, 0) is 48.6 Å². The molecule has 20 heavy (non-hydrogen) atoms. The second kappa shape index (κ2) is 4.90. The Morgan fingerprint density at radius 1 is 1.45 bits per heavy atom. The van der Waals surface area contributed by atoms with Gasteiger partial charge in [-0.25, -0.2) is 4.39 Å². The molecule has 1 atom stereocenters. The fourth-order valence-corrected chi connectivity index (χ4v) is 3.65. The molecule has 1 aromatic heterocycles. The lowest BCUT2D eigenvalue weighted by Gasteiger charge is -2.33. The smallest absolute Gasteiger partial charge is 0.254 e. The number of nitrogens with two attached hydrogens (primary N) is 1. The van der Waals surface area contributed by atoms with Crippen LogP contribution in [0.25, 0.3) is 0 Å². The van der Waals surface area contributed by atoms with Gasteiger partial charge in [0.2, 0.25) is 0 Å². The first-order valence-electron chi connectivity index (χ1n) is 6.49. The van der Waals surface area contributed by atoms with Gasteiger partial charge in [0, 0.05) is 22.7 Å². The van der Waals surface area contributed by atoms with Crippen LogP contribution in [0.1, 0.15) is 33.8 Å². The lowest BCUT2D eigenvalue weighted by molar-refractivity contribution is 0.0679. The Morgan fingerprint density at radius 2 is 2.25 bits per heavy atom. The molecule has 0 saturated heterocycles. The summed E-state index contributed by atoms with van der Waals surface area (Å²) in [6.45, 7) is 2.66. The number of carbonyl (C=O) groups is 1. The standard InChI is InChI=1S/C15H15FN2OS/c1-9-13-3-5-20-14(13)2-4-18(9)15(19)10-6-11(16)8-12(17)7-10/h3,5-9H,2,4,17H2,1H3. The van der Waals surface area contributed by atoms with Crippen LogP contribution in [-0.4, -0.2) is 17.4 Å². The largest absolute Gasteiger partial charge is 0.399 e. The van der Waals surface area contributed by atoms with Gasteiger partial charge in [-0.15, -0.1) is 11.3 Å². The molecule has 3 nitrogen and oxygen atoms in total. The van der Waals surface area contributed by atoms with E-state index in [9.17, 15) is 9.18 Å². The Morgan fingerprint density at radius 3 is 3.00 bits per heavy atom. The molecule has 1 aliphatic heterocycles. The highest BCUT2D eigenvalue weighted by Gasteiger charge is 2.29. The topological polar surface area (TPSA) is 46.3 Å². The van der Waals surface area contributed by atoms with Crippen molar-refractivity contribution in [1.29, 1.82) is 0 Å². The van der Waals surface area contributed by atoms with Gasteiger partial charge in [-0.2, -0.15) is 0 Å². The molecule has 0 bridgehead atoms. The summed E-state index contributed by atoms with van der Waals surface area (Å²) in [4.78, 5) is 15.7. The van der Waals surface area contributed by atoms with Crippen LogP contribution >= 0.6 is 11.3 Å². The minimum absolute atomic E-state index is 0.0157. The van der Waals surface area contributed by atoms with Gasteiger partial charge in [0.15, 0.2) is 0 Å². The highest BCUT2D eigenvalue weighted by Crippen LogP contribution is 2.33. The number of thiophene rings is 1. The maximum atomic E-state index is 13.4. The highest BCUT2D eigenvalue weighted by molar-refractivity contribution is 7.10. The van der Waals surface area contributed by atoms with E-state index in [1.807, 2.05) is 6.92 Å². The van der Waals surface area contributed by atoms with Crippen molar-refractivity contribution in [2.75, 3.05) is 12.3 Å². The minimum atomic E-state index is -0.478. The number of hydrogen-bond acceptors (Lipinski definition) is 3. The number of halogens is 1. The van der Waals surface area contributed by atoms with E-state index in [2.05, 4.69) is 11.4 Å². The molecule has 2 N–H and O–H groups in total. The minimum Gasteiger partial charge on any atom is -0.399 e. The number of benzene rings is 1. The number of nitrogens with zero attached hydrogens (tertiary/aromatic N) is 1. The van der Waals surface area contributed by atoms with E-state index in [1.54, 1.807) is 16.2 Å². The summed E-state index contributed by atoms with van der Waals surface area (Å²) < 4.78 is 13.4. The quantitative estimate of drug-likeness (QED) is 0.820. The summed E-state index contributed by atoms with van der Waals surface area (Å²) in [7, 11) is 0. The van der Waals surface area contributed by atoms with Gasteiger partial charge in [0.25, 0.3) is 5.91 Å². The molecule has 1 unspecified atom stereocenters. The van der Waals surface area contributed by atoms with Gasteiger partial charge in [-0.3, -0.25) is 4.79 Å². The van der Waals surface area contributed by atoms with Crippen molar-refractivity contribution in [3.8, 4) is 0 Å². The first-order valence-corrected chi connectivity index (χ1v) is 7.37. The molecular weight excluding hydrogens is 275 g/mol. The Balaban J connectivity index is 1.92. The fourth-order valence-electron chi connectivity index (χ4n) is 2.69. The molecular formula is C15H15FN2OS. The molecule has 1 aromatic carbocycles. The van der Waals surface area contributed by atoms with Crippen molar-refractivity contribution < 1.29 is 9.18 Å². The molecule has 0 saturated carbocycles. The zero-order chi connectivity index (χ0) is 14.3. The summed E-state index contributed by atoms with van der Waals surface area (Å²) in [5.74, 6) is -0.644. The Kier molecular flexibility index (Phi) is 3.22. The van der Waals surface area contributed by atoms with Crippen molar-refractivity contribution in [3.63, 3.8) is 0 Å². The number of rotatable bonds is 1. The van der Waals surface area contributed by atoms with E-state index in [-0.39, 0.29) is 17.6 Å². The summed E-state index contributed by atoms with van der Waals surface area (Å²) in [5, 5.41) is 2.05. The highest BCUT2D eigenvalue weighted by atomic mass is 32.1. The van der Waals surface area contributed by atoms with Crippen LogP contribution in [0.15, 0.2) is 29.6 Å². The van der Waals surface area contributed by atoms with Gasteiger partial charge in [0.1, 0.15) is 5.82 Å². The molecule has 1 aliphatic rings. The average Bonchev–Trinajstić information content (AvgIpc) is 2.86. The lowest BCUT2D eigenvalue weighted by Crippen LogP contribution is -2.38. The van der Waals surface area contributed by atoms with E-state index in [0.717, 1.165) is 6.42 Å². The number of amides is 1. The van der Waals surface area contributed by atoms with Crippen molar-refractivity contribution in [1.82, 2.24) is 4.90 Å². The first kappa shape index (κ1) is 13.1. The maximum absolute atomic E-state index is 13.4. The zero-order valence-electron chi connectivity index (χ0n) is 11.1.